The maximum absolute atomic E-state index is 12.0. The highest BCUT2D eigenvalue weighted by Gasteiger charge is 2.10. The normalized spacial score (nSPS) is 11.2. The molecule has 0 unspecified atom stereocenters. The number of para-hydroxylation sites is 1. The summed E-state index contributed by atoms with van der Waals surface area (Å²) in [5.74, 6) is -0.528. The van der Waals surface area contributed by atoms with Gasteiger partial charge in [0.25, 0.3) is 11.5 Å². The van der Waals surface area contributed by atoms with Crippen LogP contribution in [0.2, 0.25) is 0 Å². The van der Waals surface area contributed by atoms with Crippen molar-refractivity contribution in [2.45, 2.75) is 6.92 Å². The van der Waals surface area contributed by atoms with Crippen LogP contribution < -0.4 is 11.0 Å². The van der Waals surface area contributed by atoms with E-state index in [-0.39, 0.29) is 11.1 Å². The fraction of sp³-hybridized carbons (Fsp3) is 0.118. The largest absolute Gasteiger partial charge is 0.358 e. The lowest BCUT2D eigenvalue weighted by molar-refractivity contribution is 0.0953. The molecular formula is C17H16N4O2. The number of aryl methyl sites for hydroxylation is 2. The number of rotatable bonds is 3. The summed E-state index contributed by atoms with van der Waals surface area (Å²) in [6.07, 6.45) is 3.18. The zero-order valence-corrected chi connectivity index (χ0v) is 12.8. The van der Waals surface area contributed by atoms with E-state index in [2.05, 4.69) is 15.5 Å². The molecule has 0 atom stereocenters. The Morgan fingerprint density at radius 2 is 2.04 bits per heavy atom. The Morgan fingerprint density at radius 3 is 2.87 bits per heavy atom. The van der Waals surface area contributed by atoms with Crippen LogP contribution in [0.4, 0.5) is 0 Å². The van der Waals surface area contributed by atoms with Crippen LogP contribution in [0.5, 0.6) is 0 Å². The molecule has 1 aromatic carbocycles. The van der Waals surface area contributed by atoms with Crippen LogP contribution in [-0.4, -0.2) is 21.7 Å². The molecule has 0 aliphatic heterocycles. The summed E-state index contributed by atoms with van der Waals surface area (Å²) >= 11 is 0. The summed E-state index contributed by atoms with van der Waals surface area (Å²) in [4.78, 5) is 27.2. The summed E-state index contributed by atoms with van der Waals surface area (Å²) in [6, 6.07) is 11.0. The molecule has 0 radical (unpaired) electrons. The highest BCUT2D eigenvalue weighted by Crippen LogP contribution is 2.19. The first-order valence-electron chi connectivity index (χ1n) is 7.14. The van der Waals surface area contributed by atoms with Crippen molar-refractivity contribution in [3.8, 4) is 0 Å². The van der Waals surface area contributed by atoms with Gasteiger partial charge in [0.15, 0.2) is 0 Å². The Balaban J connectivity index is 1.83. The number of fused-ring (bicyclic) bond motifs is 1. The quantitative estimate of drug-likeness (QED) is 0.573. The van der Waals surface area contributed by atoms with E-state index in [1.807, 2.05) is 31.2 Å². The Kier molecular flexibility index (Phi) is 3.80. The summed E-state index contributed by atoms with van der Waals surface area (Å²) in [5.41, 5.74) is 4.97. The lowest BCUT2D eigenvalue weighted by Crippen LogP contribution is -2.29. The van der Waals surface area contributed by atoms with Gasteiger partial charge >= 0.3 is 0 Å². The Labute approximate surface area is 132 Å². The maximum atomic E-state index is 12.0. The highest BCUT2D eigenvalue weighted by molar-refractivity contribution is 6.01. The standard InChI is InChI=1S/C17H16N4O2/c1-11-14(12-6-3-4-8-15(12)19-11)10-18-20-16(22)13-7-5-9-21(2)17(13)23/h3-10,19H,1-2H3,(H,20,22)/b18-10-. The maximum Gasteiger partial charge on any atom is 0.276 e. The Bertz CT molecular complexity index is 966. The number of aromatic nitrogens is 2. The summed E-state index contributed by atoms with van der Waals surface area (Å²) in [7, 11) is 1.59. The highest BCUT2D eigenvalue weighted by atomic mass is 16.2. The van der Waals surface area contributed by atoms with Gasteiger partial charge in [-0.3, -0.25) is 9.59 Å². The SMILES string of the molecule is Cc1[nH]c2ccccc2c1/C=N\NC(=O)c1cccn(C)c1=O. The molecule has 2 heterocycles. The van der Waals surface area contributed by atoms with Crippen LogP contribution in [0.15, 0.2) is 52.5 Å². The van der Waals surface area contributed by atoms with Gasteiger partial charge in [-0.2, -0.15) is 5.10 Å². The van der Waals surface area contributed by atoms with Gasteiger partial charge < -0.3 is 9.55 Å². The minimum absolute atomic E-state index is 0.0581. The van der Waals surface area contributed by atoms with E-state index in [0.29, 0.717) is 0 Å². The van der Waals surface area contributed by atoms with E-state index in [1.54, 1.807) is 25.5 Å². The predicted octanol–water partition coefficient (Wildman–Crippen LogP) is 1.94. The number of nitrogens with zero attached hydrogens (tertiary/aromatic N) is 2. The number of amides is 1. The first-order valence-corrected chi connectivity index (χ1v) is 7.14. The molecular weight excluding hydrogens is 292 g/mol. The van der Waals surface area contributed by atoms with Crippen molar-refractivity contribution in [3.05, 3.63) is 69.8 Å². The van der Waals surface area contributed by atoms with E-state index < -0.39 is 5.91 Å². The van der Waals surface area contributed by atoms with Gasteiger partial charge in [0.05, 0.1) is 6.21 Å². The molecule has 3 rings (SSSR count). The first kappa shape index (κ1) is 14.8. The second-order valence-corrected chi connectivity index (χ2v) is 5.25. The molecule has 0 bridgehead atoms. The number of nitrogens with one attached hydrogen (secondary N) is 2. The number of hydrogen-bond acceptors (Lipinski definition) is 3. The van der Waals surface area contributed by atoms with Crippen LogP contribution in [-0.2, 0) is 7.05 Å². The number of carbonyl (C=O) groups is 1. The van der Waals surface area contributed by atoms with E-state index in [0.717, 1.165) is 22.2 Å². The number of pyridine rings is 1. The third kappa shape index (κ3) is 2.78. The van der Waals surface area contributed by atoms with Crippen LogP contribution in [0.25, 0.3) is 10.9 Å². The van der Waals surface area contributed by atoms with E-state index in [1.165, 1.54) is 10.6 Å². The number of carbonyl (C=O) groups excluding carboxylic acids is 1. The monoisotopic (exact) mass is 308 g/mol. The fourth-order valence-electron chi connectivity index (χ4n) is 2.45. The number of aromatic amines is 1. The number of hydrazone groups is 1. The number of H-pyrrole nitrogens is 1. The van der Waals surface area contributed by atoms with E-state index in [9.17, 15) is 9.59 Å². The summed E-state index contributed by atoms with van der Waals surface area (Å²) in [5, 5.41) is 5.01. The zero-order chi connectivity index (χ0) is 16.4. The molecule has 1 amide bonds. The average molecular weight is 308 g/mol. The third-order valence-electron chi connectivity index (χ3n) is 3.67. The first-order chi connectivity index (χ1) is 11.1. The van der Waals surface area contributed by atoms with Gasteiger partial charge in [0.2, 0.25) is 0 Å². The Hall–Kier alpha value is -3.15. The molecule has 116 valence electrons. The minimum Gasteiger partial charge on any atom is -0.358 e. The molecule has 0 saturated carbocycles. The smallest absolute Gasteiger partial charge is 0.276 e. The van der Waals surface area contributed by atoms with Gasteiger partial charge in [-0.05, 0) is 25.1 Å². The van der Waals surface area contributed by atoms with E-state index >= 15 is 0 Å². The van der Waals surface area contributed by atoms with Crippen molar-refractivity contribution in [2.75, 3.05) is 0 Å². The zero-order valence-electron chi connectivity index (χ0n) is 12.8. The molecule has 0 saturated heterocycles. The Morgan fingerprint density at radius 1 is 1.26 bits per heavy atom. The molecule has 23 heavy (non-hydrogen) atoms. The average Bonchev–Trinajstić information content (AvgIpc) is 2.86. The van der Waals surface area contributed by atoms with E-state index in [4.69, 9.17) is 0 Å². The van der Waals surface area contributed by atoms with Gasteiger partial charge in [-0.15, -0.1) is 0 Å². The molecule has 6 heteroatoms. The molecule has 2 N–H and O–H groups in total. The van der Waals surface area contributed by atoms with Crippen molar-refractivity contribution in [3.63, 3.8) is 0 Å². The minimum atomic E-state index is -0.528. The predicted molar refractivity (Wildman–Crippen MR) is 89.8 cm³/mol. The van der Waals surface area contributed by atoms with Crippen molar-refractivity contribution < 1.29 is 4.79 Å². The van der Waals surface area contributed by atoms with Gasteiger partial charge in [-0.25, -0.2) is 5.43 Å². The molecule has 0 aliphatic carbocycles. The molecule has 2 aromatic heterocycles. The second-order valence-electron chi connectivity index (χ2n) is 5.25. The molecule has 0 fully saturated rings. The van der Waals surface area contributed by atoms with Gasteiger partial charge in [-0.1, -0.05) is 18.2 Å². The van der Waals surface area contributed by atoms with Crippen molar-refractivity contribution in [2.24, 2.45) is 12.1 Å². The van der Waals surface area contributed by atoms with Crippen LogP contribution >= 0.6 is 0 Å². The third-order valence-corrected chi connectivity index (χ3v) is 3.67. The molecule has 0 spiro atoms. The number of hydrogen-bond donors (Lipinski definition) is 2. The fourth-order valence-corrected chi connectivity index (χ4v) is 2.45. The van der Waals surface area contributed by atoms with Crippen molar-refractivity contribution >= 4 is 23.0 Å². The van der Waals surface area contributed by atoms with Gasteiger partial charge in [0.1, 0.15) is 5.56 Å². The molecule has 3 aromatic rings. The van der Waals surface area contributed by atoms with Crippen LogP contribution in [0.3, 0.4) is 0 Å². The van der Waals surface area contributed by atoms with Crippen LogP contribution in [0, 0.1) is 6.92 Å². The molecule has 6 nitrogen and oxygen atoms in total. The number of benzene rings is 1. The summed E-state index contributed by atoms with van der Waals surface area (Å²) < 4.78 is 1.35. The second kappa shape index (κ2) is 5.92. The van der Waals surface area contributed by atoms with Crippen LogP contribution in [0.1, 0.15) is 21.6 Å². The summed E-state index contributed by atoms with van der Waals surface area (Å²) in [6.45, 7) is 1.94. The lowest BCUT2D eigenvalue weighted by Gasteiger charge is -2.01. The molecule has 0 aliphatic rings. The van der Waals surface area contributed by atoms with Crippen molar-refractivity contribution in [1.82, 2.24) is 15.0 Å². The lowest BCUT2D eigenvalue weighted by atomic mass is 10.1. The van der Waals surface area contributed by atoms with Gasteiger partial charge in [0, 0.05) is 35.4 Å². The topological polar surface area (TPSA) is 79.2 Å². The van der Waals surface area contributed by atoms with Crippen molar-refractivity contribution in [1.29, 1.82) is 0 Å².